The average Bonchev–Trinajstić information content (AvgIpc) is 3.40. The van der Waals surface area contributed by atoms with Crippen LogP contribution in [0.5, 0.6) is 0 Å². The monoisotopic (exact) mass is 421 g/mol. The Hall–Kier alpha value is -3.88. The molecule has 0 amide bonds. The van der Waals surface area contributed by atoms with Gasteiger partial charge in [0, 0.05) is 11.1 Å². The molecule has 0 spiro atoms. The molecule has 31 heavy (non-hydrogen) atoms. The fourth-order valence-corrected chi connectivity index (χ4v) is 4.56. The van der Waals surface area contributed by atoms with Crippen molar-refractivity contribution in [3.05, 3.63) is 90.0 Å². The van der Waals surface area contributed by atoms with Crippen molar-refractivity contribution in [2.75, 3.05) is 5.32 Å². The zero-order chi connectivity index (χ0) is 21.2. The molecule has 0 unspecified atom stereocenters. The lowest BCUT2D eigenvalue weighted by Crippen LogP contribution is -1.90. The van der Waals surface area contributed by atoms with Crippen LogP contribution >= 0.6 is 11.3 Å². The Kier molecular flexibility index (Phi) is 4.99. The number of benzene rings is 3. The summed E-state index contributed by atoms with van der Waals surface area (Å²) >= 11 is 1.56. The molecule has 5 aromatic rings. The molecule has 0 fully saturated rings. The fourth-order valence-electron chi connectivity index (χ4n) is 3.64. The van der Waals surface area contributed by atoms with Gasteiger partial charge < -0.3 is 9.73 Å². The number of aromatic nitrogens is 1. The van der Waals surface area contributed by atoms with Crippen LogP contribution in [0.3, 0.4) is 0 Å². The molecule has 150 valence electrons. The summed E-state index contributed by atoms with van der Waals surface area (Å²) in [6.45, 7) is 2.14. The summed E-state index contributed by atoms with van der Waals surface area (Å²) in [4.78, 5) is 4.68. The van der Waals surface area contributed by atoms with Gasteiger partial charge in [0.05, 0.1) is 10.2 Å². The number of aryl methyl sites for hydroxylation is 1. The van der Waals surface area contributed by atoms with E-state index in [0.717, 1.165) is 33.3 Å². The van der Waals surface area contributed by atoms with Gasteiger partial charge in [-0.3, -0.25) is 0 Å². The number of nitrogens with zero attached hydrogens (tertiary/aromatic N) is 2. The van der Waals surface area contributed by atoms with Crippen LogP contribution in [0.4, 0.5) is 11.0 Å². The van der Waals surface area contributed by atoms with Crippen LogP contribution in [0.2, 0.25) is 0 Å². The van der Waals surface area contributed by atoms with Gasteiger partial charge >= 0.3 is 0 Å². The number of anilines is 2. The van der Waals surface area contributed by atoms with Gasteiger partial charge in [-0.2, -0.15) is 5.26 Å². The van der Waals surface area contributed by atoms with Gasteiger partial charge in [-0.25, -0.2) is 4.98 Å². The molecular formula is C26H19N3OS. The highest BCUT2D eigenvalue weighted by Crippen LogP contribution is 2.42. The maximum absolute atomic E-state index is 10.0. The number of thiazole rings is 1. The minimum absolute atomic E-state index is 0.412. The third-order valence-electron chi connectivity index (χ3n) is 5.20. The van der Waals surface area contributed by atoms with Crippen molar-refractivity contribution in [1.29, 1.82) is 5.26 Å². The molecular weight excluding hydrogens is 402 g/mol. The molecule has 0 aliphatic heterocycles. The Balaban J connectivity index is 1.64. The van der Waals surface area contributed by atoms with E-state index in [9.17, 15) is 5.26 Å². The molecule has 0 aliphatic rings. The van der Waals surface area contributed by atoms with Crippen molar-refractivity contribution in [3.8, 4) is 28.5 Å². The number of hydrogen-bond donors (Lipinski definition) is 1. The third kappa shape index (κ3) is 3.58. The fraction of sp³-hybridized carbons (Fsp3) is 0.0769. The first kappa shape index (κ1) is 19.1. The molecule has 5 heteroatoms. The maximum Gasteiger partial charge on any atom is 0.218 e. The lowest BCUT2D eigenvalue weighted by Gasteiger charge is -2.03. The van der Waals surface area contributed by atoms with Crippen LogP contribution in [0.1, 0.15) is 18.1 Å². The van der Waals surface area contributed by atoms with Crippen molar-refractivity contribution in [1.82, 2.24) is 4.98 Å². The van der Waals surface area contributed by atoms with E-state index >= 15 is 0 Å². The van der Waals surface area contributed by atoms with E-state index in [1.165, 1.54) is 5.56 Å². The first-order valence-corrected chi connectivity index (χ1v) is 10.9. The summed E-state index contributed by atoms with van der Waals surface area (Å²) in [6, 6.07) is 28.4. The van der Waals surface area contributed by atoms with Gasteiger partial charge in [0.25, 0.3) is 0 Å². The normalized spacial score (nSPS) is 10.8. The van der Waals surface area contributed by atoms with E-state index in [1.807, 2.05) is 66.7 Å². The SMILES string of the molecule is CCc1ccc2nc(Nc3oc(-c4ccccc4)c(-c4ccccc4)c3C#N)sc2c1. The Morgan fingerprint density at radius 2 is 1.68 bits per heavy atom. The molecule has 1 N–H and O–H groups in total. The van der Waals surface area contributed by atoms with Gasteiger partial charge in [0.15, 0.2) is 5.13 Å². The lowest BCUT2D eigenvalue weighted by molar-refractivity contribution is 0.600. The highest BCUT2D eigenvalue weighted by atomic mass is 32.1. The second-order valence-corrected chi connectivity index (χ2v) is 8.18. The van der Waals surface area contributed by atoms with Crippen molar-refractivity contribution in [3.63, 3.8) is 0 Å². The van der Waals surface area contributed by atoms with Crippen molar-refractivity contribution >= 4 is 32.6 Å². The molecule has 0 atom stereocenters. The first-order valence-electron chi connectivity index (χ1n) is 10.1. The van der Waals surface area contributed by atoms with E-state index in [-0.39, 0.29) is 0 Å². The molecule has 2 heterocycles. The predicted octanol–water partition coefficient (Wildman–Crippen LogP) is 7.40. The van der Waals surface area contributed by atoms with Crippen molar-refractivity contribution in [2.24, 2.45) is 0 Å². The minimum Gasteiger partial charge on any atom is -0.438 e. The van der Waals surface area contributed by atoms with E-state index < -0.39 is 0 Å². The first-order chi connectivity index (χ1) is 15.3. The zero-order valence-corrected chi connectivity index (χ0v) is 17.7. The predicted molar refractivity (Wildman–Crippen MR) is 127 cm³/mol. The Labute approximate surface area is 184 Å². The molecule has 0 saturated heterocycles. The maximum atomic E-state index is 10.0. The van der Waals surface area contributed by atoms with Gasteiger partial charge in [0.1, 0.15) is 17.4 Å². The molecule has 0 bridgehead atoms. The molecule has 5 rings (SSSR count). The second kappa shape index (κ2) is 8.10. The smallest absolute Gasteiger partial charge is 0.218 e. The van der Waals surface area contributed by atoms with Crippen LogP contribution in [-0.2, 0) is 6.42 Å². The van der Waals surface area contributed by atoms with Gasteiger partial charge in [-0.1, -0.05) is 85.0 Å². The highest BCUT2D eigenvalue weighted by Gasteiger charge is 2.23. The number of nitriles is 1. The van der Waals surface area contributed by atoms with Crippen LogP contribution < -0.4 is 5.32 Å². The molecule has 0 radical (unpaired) electrons. The minimum atomic E-state index is 0.412. The van der Waals surface area contributed by atoms with E-state index in [4.69, 9.17) is 4.42 Å². The quantitative estimate of drug-likeness (QED) is 0.321. The number of fused-ring (bicyclic) bond motifs is 1. The average molecular weight is 422 g/mol. The Morgan fingerprint density at radius 3 is 2.35 bits per heavy atom. The van der Waals surface area contributed by atoms with Crippen LogP contribution in [0, 0.1) is 11.3 Å². The number of rotatable bonds is 5. The molecule has 4 nitrogen and oxygen atoms in total. The van der Waals surface area contributed by atoms with Gasteiger partial charge in [0.2, 0.25) is 5.88 Å². The van der Waals surface area contributed by atoms with Gasteiger partial charge in [-0.15, -0.1) is 0 Å². The van der Waals surface area contributed by atoms with Crippen molar-refractivity contribution < 1.29 is 4.42 Å². The summed E-state index contributed by atoms with van der Waals surface area (Å²) in [6.07, 6.45) is 0.980. The summed E-state index contributed by atoms with van der Waals surface area (Å²) in [7, 11) is 0. The van der Waals surface area contributed by atoms with Crippen LogP contribution in [0.15, 0.2) is 83.3 Å². The summed E-state index contributed by atoms with van der Waals surface area (Å²) < 4.78 is 7.36. The van der Waals surface area contributed by atoms with E-state index in [0.29, 0.717) is 22.3 Å². The van der Waals surface area contributed by atoms with Crippen LogP contribution in [0.25, 0.3) is 32.7 Å². The molecule has 3 aromatic carbocycles. The zero-order valence-electron chi connectivity index (χ0n) is 16.9. The number of nitrogens with one attached hydrogen (secondary N) is 1. The number of furan rings is 1. The lowest BCUT2D eigenvalue weighted by atomic mass is 9.98. The number of hydrogen-bond acceptors (Lipinski definition) is 5. The molecule has 2 aromatic heterocycles. The largest absolute Gasteiger partial charge is 0.438 e. The van der Waals surface area contributed by atoms with E-state index in [1.54, 1.807) is 11.3 Å². The highest BCUT2D eigenvalue weighted by molar-refractivity contribution is 7.22. The summed E-state index contributed by atoms with van der Waals surface area (Å²) in [5.41, 5.74) is 5.32. The summed E-state index contributed by atoms with van der Waals surface area (Å²) in [5.74, 6) is 1.08. The van der Waals surface area contributed by atoms with E-state index in [2.05, 4.69) is 35.4 Å². The second-order valence-electron chi connectivity index (χ2n) is 7.15. The standard InChI is InChI=1S/C26H19N3OS/c1-2-17-13-14-21-22(15-17)31-26(28-21)29-25-20(16-27)23(18-9-5-3-6-10-18)24(30-25)19-11-7-4-8-12-19/h3-15H,2H2,1H3,(H,28,29). The molecule has 0 saturated carbocycles. The topological polar surface area (TPSA) is 61.9 Å². The van der Waals surface area contributed by atoms with Gasteiger partial charge in [-0.05, 0) is 29.7 Å². The third-order valence-corrected chi connectivity index (χ3v) is 6.13. The molecule has 0 aliphatic carbocycles. The van der Waals surface area contributed by atoms with Crippen molar-refractivity contribution in [2.45, 2.75) is 13.3 Å². The Bertz CT molecular complexity index is 1400. The van der Waals surface area contributed by atoms with Crippen LogP contribution in [-0.4, -0.2) is 4.98 Å². The Morgan fingerprint density at radius 1 is 0.968 bits per heavy atom. The summed E-state index contributed by atoms with van der Waals surface area (Å²) in [5, 5.41) is 14.0.